The van der Waals surface area contributed by atoms with Crippen molar-refractivity contribution in [1.29, 1.82) is 0 Å². The van der Waals surface area contributed by atoms with Gasteiger partial charge in [0, 0.05) is 12.1 Å². The zero-order valence-corrected chi connectivity index (χ0v) is 15.1. The summed E-state index contributed by atoms with van der Waals surface area (Å²) in [6.45, 7) is 0.0187. The molecule has 0 aliphatic rings. The quantitative estimate of drug-likeness (QED) is 0.354. The molecule has 0 spiro atoms. The first-order valence-corrected chi connectivity index (χ1v) is 8.63. The first kappa shape index (κ1) is 17.6. The van der Waals surface area contributed by atoms with Gasteiger partial charge >= 0.3 is 5.97 Å². The molecule has 0 saturated carbocycles. The maximum atomic E-state index is 12.0. The van der Waals surface area contributed by atoms with Crippen LogP contribution in [0.5, 0.6) is 5.75 Å². The molecule has 140 valence electrons. The number of hydrogen-bond acceptors (Lipinski definition) is 6. The van der Waals surface area contributed by atoms with Gasteiger partial charge in [0.05, 0.1) is 13.4 Å². The van der Waals surface area contributed by atoms with Crippen LogP contribution in [0.4, 0.5) is 0 Å². The lowest BCUT2D eigenvalue weighted by Gasteiger charge is -2.03. The van der Waals surface area contributed by atoms with E-state index in [1.807, 2.05) is 36.4 Å². The zero-order chi connectivity index (χ0) is 19.3. The predicted octanol–water partition coefficient (Wildman–Crippen LogP) is 4.85. The molecule has 0 atom stereocenters. The molecule has 0 saturated heterocycles. The van der Waals surface area contributed by atoms with E-state index in [0.717, 1.165) is 22.1 Å². The van der Waals surface area contributed by atoms with E-state index in [4.69, 9.17) is 18.4 Å². The fourth-order valence-electron chi connectivity index (χ4n) is 2.75. The van der Waals surface area contributed by atoms with Crippen LogP contribution in [-0.2, 0) is 16.1 Å². The molecule has 0 amide bonds. The number of fused-ring (bicyclic) bond motifs is 1. The van der Waals surface area contributed by atoms with Gasteiger partial charge in [0.2, 0.25) is 5.76 Å². The number of carbonyl (C=O) groups is 1. The maximum Gasteiger partial charge on any atom is 0.331 e. The predicted molar refractivity (Wildman–Crippen MR) is 104 cm³/mol. The number of methoxy groups -OCH3 is 1. The third-order valence-electron chi connectivity index (χ3n) is 4.17. The standard InChI is InChI=1S/C22H17NO5/c1-25-19-8-7-16-11-15(4-6-17(16)12-19)5-9-22(24)27-14-18-13-21(28-23-18)20-3-2-10-26-20/h2-13H,14H2,1H3/b9-5+. The highest BCUT2D eigenvalue weighted by Gasteiger charge is 2.10. The Morgan fingerprint density at radius 3 is 2.75 bits per heavy atom. The van der Waals surface area contributed by atoms with Gasteiger partial charge in [-0.15, -0.1) is 0 Å². The van der Waals surface area contributed by atoms with Crippen molar-refractivity contribution in [3.63, 3.8) is 0 Å². The van der Waals surface area contributed by atoms with E-state index in [1.54, 1.807) is 37.6 Å². The largest absolute Gasteiger partial charge is 0.497 e. The number of carbonyl (C=O) groups excluding carboxylic acids is 1. The molecular weight excluding hydrogens is 358 g/mol. The van der Waals surface area contributed by atoms with E-state index in [9.17, 15) is 4.79 Å². The zero-order valence-electron chi connectivity index (χ0n) is 15.1. The number of hydrogen-bond donors (Lipinski definition) is 0. The van der Waals surface area contributed by atoms with Crippen molar-refractivity contribution in [2.24, 2.45) is 0 Å². The second kappa shape index (κ2) is 7.84. The third-order valence-corrected chi connectivity index (χ3v) is 4.17. The lowest BCUT2D eigenvalue weighted by molar-refractivity contribution is -0.139. The lowest BCUT2D eigenvalue weighted by Crippen LogP contribution is -2.00. The fraction of sp³-hybridized carbons (Fsp3) is 0.0909. The van der Waals surface area contributed by atoms with Crippen LogP contribution >= 0.6 is 0 Å². The molecule has 2 aromatic heterocycles. The smallest absolute Gasteiger partial charge is 0.331 e. The Bertz CT molecular complexity index is 1130. The Labute approximate surface area is 161 Å². The molecule has 4 rings (SSSR count). The second-order valence-electron chi connectivity index (χ2n) is 6.07. The number of esters is 1. The molecule has 2 heterocycles. The molecule has 0 aliphatic carbocycles. The Morgan fingerprint density at radius 1 is 1.07 bits per heavy atom. The Kier molecular flexibility index (Phi) is 4.93. The Hall–Kier alpha value is -3.80. The van der Waals surface area contributed by atoms with Crippen LogP contribution < -0.4 is 4.74 Å². The summed E-state index contributed by atoms with van der Waals surface area (Å²) in [6.07, 6.45) is 4.65. The summed E-state index contributed by atoms with van der Waals surface area (Å²) in [5, 5.41) is 5.99. The van der Waals surface area contributed by atoms with Crippen molar-refractivity contribution in [2.45, 2.75) is 6.61 Å². The molecule has 0 unspecified atom stereocenters. The van der Waals surface area contributed by atoms with Crippen molar-refractivity contribution >= 4 is 22.8 Å². The summed E-state index contributed by atoms with van der Waals surface area (Å²) in [6, 6.07) is 16.9. The molecule has 6 heteroatoms. The number of aromatic nitrogens is 1. The summed E-state index contributed by atoms with van der Waals surface area (Å²) >= 11 is 0. The summed E-state index contributed by atoms with van der Waals surface area (Å²) in [7, 11) is 1.64. The van der Waals surface area contributed by atoms with Gasteiger partial charge in [-0.1, -0.05) is 23.4 Å². The van der Waals surface area contributed by atoms with Crippen LogP contribution in [-0.4, -0.2) is 18.2 Å². The summed E-state index contributed by atoms with van der Waals surface area (Å²) in [4.78, 5) is 12.0. The SMILES string of the molecule is COc1ccc2cc(/C=C/C(=O)OCc3cc(-c4ccco4)on3)ccc2c1. The van der Waals surface area contributed by atoms with Gasteiger partial charge in [0.1, 0.15) is 18.1 Å². The van der Waals surface area contributed by atoms with Crippen molar-refractivity contribution in [1.82, 2.24) is 5.16 Å². The van der Waals surface area contributed by atoms with Crippen molar-refractivity contribution in [3.8, 4) is 17.3 Å². The highest BCUT2D eigenvalue weighted by molar-refractivity contribution is 5.90. The first-order chi connectivity index (χ1) is 13.7. The molecule has 0 bridgehead atoms. The second-order valence-corrected chi connectivity index (χ2v) is 6.07. The van der Waals surface area contributed by atoms with Crippen LogP contribution in [0.2, 0.25) is 0 Å². The molecule has 0 aliphatic heterocycles. The van der Waals surface area contributed by atoms with Crippen molar-refractivity contribution in [3.05, 3.63) is 78.2 Å². The lowest BCUT2D eigenvalue weighted by atomic mass is 10.1. The van der Waals surface area contributed by atoms with Crippen LogP contribution in [0.3, 0.4) is 0 Å². The molecule has 0 radical (unpaired) electrons. The molecule has 28 heavy (non-hydrogen) atoms. The van der Waals surface area contributed by atoms with Gasteiger partial charge in [-0.2, -0.15) is 0 Å². The van der Waals surface area contributed by atoms with E-state index < -0.39 is 5.97 Å². The molecule has 0 fully saturated rings. The number of ether oxygens (including phenoxy) is 2. The molecule has 0 N–H and O–H groups in total. The van der Waals surface area contributed by atoms with E-state index >= 15 is 0 Å². The van der Waals surface area contributed by atoms with E-state index in [-0.39, 0.29) is 6.61 Å². The average molecular weight is 375 g/mol. The summed E-state index contributed by atoms with van der Waals surface area (Å²) in [5.41, 5.74) is 1.41. The van der Waals surface area contributed by atoms with Crippen LogP contribution in [0.25, 0.3) is 28.4 Å². The van der Waals surface area contributed by atoms with Gasteiger partial charge in [0.25, 0.3) is 0 Å². The van der Waals surface area contributed by atoms with Crippen LogP contribution in [0.15, 0.2) is 75.9 Å². The minimum atomic E-state index is -0.461. The van der Waals surface area contributed by atoms with E-state index in [1.165, 1.54) is 6.08 Å². The first-order valence-electron chi connectivity index (χ1n) is 8.63. The average Bonchev–Trinajstić information content (AvgIpc) is 3.41. The summed E-state index contributed by atoms with van der Waals surface area (Å²) < 4.78 is 20.8. The number of nitrogens with zero attached hydrogens (tertiary/aromatic N) is 1. The van der Waals surface area contributed by atoms with Gasteiger partial charge < -0.3 is 18.4 Å². The fourth-order valence-corrected chi connectivity index (χ4v) is 2.75. The topological polar surface area (TPSA) is 74.7 Å². The maximum absolute atomic E-state index is 12.0. The monoisotopic (exact) mass is 375 g/mol. The minimum Gasteiger partial charge on any atom is -0.497 e. The van der Waals surface area contributed by atoms with E-state index in [2.05, 4.69) is 5.16 Å². The normalized spacial score (nSPS) is 11.2. The number of furan rings is 1. The highest BCUT2D eigenvalue weighted by Crippen LogP contribution is 2.23. The Morgan fingerprint density at radius 2 is 1.93 bits per heavy atom. The minimum absolute atomic E-state index is 0.0187. The number of benzene rings is 2. The number of rotatable bonds is 6. The third kappa shape index (κ3) is 3.96. The van der Waals surface area contributed by atoms with Crippen LogP contribution in [0, 0.1) is 0 Å². The van der Waals surface area contributed by atoms with Crippen molar-refractivity contribution in [2.75, 3.05) is 7.11 Å². The van der Waals surface area contributed by atoms with Gasteiger partial charge in [-0.3, -0.25) is 0 Å². The van der Waals surface area contributed by atoms with Gasteiger partial charge in [-0.25, -0.2) is 4.79 Å². The molecule has 6 nitrogen and oxygen atoms in total. The van der Waals surface area contributed by atoms with Crippen LogP contribution in [0.1, 0.15) is 11.3 Å². The summed E-state index contributed by atoms with van der Waals surface area (Å²) in [5.74, 6) is 1.40. The van der Waals surface area contributed by atoms with Gasteiger partial charge in [-0.05, 0) is 52.7 Å². The Balaban J connectivity index is 1.37. The highest BCUT2D eigenvalue weighted by atomic mass is 16.5. The molecule has 4 aromatic rings. The molecular formula is C22H17NO5. The van der Waals surface area contributed by atoms with E-state index in [0.29, 0.717) is 17.2 Å². The molecule has 2 aromatic carbocycles. The van der Waals surface area contributed by atoms with Crippen molar-refractivity contribution < 1.29 is 23.2 Å². The van der Waals surface area contributed by atoms with Gasteiger partial charge in [0.15, 0.2) is 5.76 Å².